The number of benzene rings is 1. The molecule has 1 heterocycles. The second-order valence-electron chi connectivity index (χ2n) is 6.21. The topological polar surface area (TPSA) is 76.0 Å². The molecule has 0 fully saturated rings. The second-order valence-corrected chi connectivity index (χ2v) is 6.21. The second kappa shape index (κ2) is 8.29. The predicted octanol–water partition coefficient (Wildman–Crippen LogP) is 2.75. The molecule has 0 saturated carbocycles. The van der Waals surface area contributed by atoms with Gasteiger partial charge in [-0.1, -0.05) is 44.2 Å². The zero-order valence-electron chi connectivity index (χ0n) is 14.3. The van der Waals surface area contributed by atoms with Crippen molar-refractivity contribution in [2.24, 2.45) is 5.92 Å². The molecule has 6 heteroatoms. The van der Waals surface area contributed by atoms with Crippen LogP contribution in [0.3, 0.4) is 0 Å². The van der Waals surface area contributed by atoms with Gasteiger partial charge >= 0.3 is 0 Å². The maximum Gasteiger partial charge on any atom is 0.227 e. The maximum absolute atomic E-state index is 12.4. The van der Waals surface area contributed by atoms with Gasteiger partial charge in [0.2, 0.25) is 11.8 Å². The molecule has 2 aromatic rings. The van der Waals surface area contributed by atoms with Gasteiger partial charge in [-0.05, 0) is 11.5 Å². The molecule has 0 aliphatic rings. The lowest BCUT2D eigenvalue weighted by Gasteiger charge is -2.18. The summed E-state index contributed by atoms with van der Waals surface area (Å²) in [5, 5.41) is 9.94. The smallest absolute Gasteiger partial charge is 0.227 e. The Kier molecular flexibility index (Phi) is 6.12. The fourth-order valence-corrected chi connectivity index (χ4v) is 2.49. The van der Waals surface area contributed by atoms with Crippen LogP contribution in [0.1, 0.15) is 38.8 Å². The summed E-state index contributed by atoms with van der Waals surface area (Å²) in [7, 11) is 0. The number of anilines is 1. The van der Waals surface area contributed by atoms with Crippen LogP contribution < -0.4 is 10.6 Å². The first-order chi connectivity index (χ1) is 11.5. The molecule has 128 valence electrons. The summed E-state index contributed by atoms with van der Waals surface area (Å²) in [5.41, 5.74) is 0.901. The number of carbonyl (C=O) groups excluding carboxylic acids is 2. The highest BCUT2D eigenvalue weighted by Gasteiger charge is 2.18. The Morgan fingerprint density at radius 2 is 1.88 bits per heavy atom. The van der Waals surface area contributed by atoms with Crippen LogP contribution >= 0.6 is 0 Å². The van der Waals surface area contributed by atoms with Gasteiger partial charge < -0.3 is 10.6 Å². The van der Waals surface area contributed by atoms with E-state index in [4.69, 9.17) is 0 Å². The van der Waals surface area contributed by atoms with Gasteiger partial charge in [-0.3, -0.25) is 9.59 Å². The van der Waals surface area contributed by atoms with E-state index >= 15 is 0 Å². The van der Waals surface area contributed by atoms with Gasteiger partial charge in [0.15, 0.2) is 0 Å². The first kappa shape index (κ1) is 17.7. The first-order valence-corrected chi connectivity index (χ1v) is 8.09. The molecule has 0 aliphatic heterocycles. The van der Waals surface area contributed by atoms with Crippen LogP contribution in [-0.2, 0) is 16.1 Å². The third-order valence-corrected chi connectivity index (χ3v) is 3.49. The minimum absolute atomic E-state index is 0.163. The molecule has 2 rings (SSSR count). The molecule has 0 bridgehead atoms. The molecule has 2 N–H and O–H groups in total. The van der Waals surface area contributed by atoms with Crippen LogP contribution in [0.15, 0.2) is 42.6 Å². The number of nitrogens with one attached hydrogen (secondary N) is 2. The molecule has 6 nitrogen and oxygen atoms in total. The first-order valence-electron chi connectivity index (χ1n) is 8.09. The van der Waals surface area contributed by atoms with E-state index in [0.717, 1.165) is 12.1 Å². The van der Waals surface area contributed by atoms with Crippen LogP contribution in [0.2, 0.25) is 0 Å². The Balaban J connectivity index is 2.05. The highest BCUT2D eigenvalue weighted by atomic mass is 16.2. The van der Waals surface area contributed by atoms with Gasteiger partial charge in [0, 0.05) is 19.5 Å². The summed E-state index contributed by atoms with van der Waals surface area (Å²) in [6, 6.07) is 10.9. The highest BCUT2D eigenvalue weighted by molar-refractivity contribution is 5.90. The molecule has 0 spiro atoms. The van der Waals surface area contributed by atoms with Gasteiger partial charge in [-0.25, -0.2) is 4.68 Å². The van der Waals surface area contributed by atoms with Crippen LogP contribution in [0.4, 0.5) is 5.82 Å². The number of hydrogen-bond donors (Lipinski definition) is 2. The van der Waals surface area contributed by atoms with Gasteiger partial charge in [-0.15, -0.1) is 0 Å². The van der Waals surface area contributed by atoms with Crippen LogP contribution in [0.25, 0.3) is 0 Å². The number of amides is 2. The normalized spacial score (nSPS) is 12.0. The molecule has 2 amide bonds. The molecule has 0 saturated heterocycles. The average Bonchev–Trinajstić information content (AvgIpc) is 2.93. The summed E-state index contributed by atoms with van der Waals surface area (Å²) >= 11 is 0. The fraction of sp³-hybridized carbons (Fsp3) is 0.389. The molecule has 1 aromatic heterocycles. The lowest BCUT2D eigenvalue weighted by Crippen LogP contribution is -2.30. The summed E-state index contributed by atoms with van der Waals surface area (Å²) in [4.78, 5) is 23.9. The Morgan fingerprint density at radius 1 is 1.17 bits per heavy atom. The predicted molar refractivity (Wildman–Crippen MR) is 93.3 cm³/mol. The van der Waals surface area contributed by atoms with Gasteiger partial charge in [0.1, 0.15) is 5.82 Å². The standard InChI is InChI=1S/C18H24N4O2/c1-13(2)12-22-17(9-10-19-22)21-18(24)11-16(20-14(3)23)15-7-5-4-6-8-15/h4-10,13,16H,11-12H2,1-3H3,(H,20,23)(H,21,24)/t16-/m0/s1. The molecule has 1 aromatic carbocycles. The van der Waals surface area contributed by atoms with Crippen LogP contribution in [0, 0.1) is 5.92 Å². The van der Waals surface area contributed by atoms with E-state index < -0.39 is 0 Å². The van der Waals surface area contributed by atoms with Crippen LogP contribution in [0.5, 0.6) is 0 Å². The number of aromatic nitrogens is 2. The van der Waals surface area contributed by atoms with Crippen molar-refractivity contribution in [1.29, 1.82) is 0 Å². The Labute approximate surface area is 142 Å². The maximum atomic E-state index is 12.4. The lowest BCUT2D eigenvalue weighted by atomic mass is 10.0. The minimum atomic E-state index is -0.356. The minimum Gasteiger partial charge on any atom is -0.349 e. The summed E-state index contributed by atoms with van der Waals surface area (Å²) in [6.45, 7) is 6.37. The van der Waals surface area contributed by atoms with Gasteiger partial charge in [0.05, 0.1) is 18.7 Å². The van der Waals surface area contributed by atoms with E-state index in [-0.39, 0.29) is 24.3 Å². The van der Waals surface area contributed by atoms with E-state index in [2.05, 4.69) is 29.6 Å². The van der Waals surface area contributed by atoms with Gasteiger partial charge in [0.25, 0.3) is 0 Å². The van der Waals surface area contributed by atoms with Gasteiger partial charge in [-0.2, -0.15) is 5.10 Å². The zero-order valence-corrected chi connectivity index (χ0v) is 14.3. The van der Waals surface area contributed by atoms with Crippen molar-refractivity contribution in [2.45, 2.75) is 39.8 Å². The van der Waals surface area contributed by atoms with Crippen molar-refractivity contribution in [3.63, 3.8) is 0 Å². The number of rotatable bonds is 7. The monoisotopic (exact) mass is 328 g/mol. The fourth-order valence-electron chi connectivity index (χ4n) is 2.49. The SMILES string of the molecule is CC(=O)N[C@@H](CC(=O)Nc1ccnn1CC(C)C)c1ccccc1. The highest BCUT2D eigenvalue weighted by Crippen LogP contribution is 2.18. The number of nitrogens with zero attached hydrogens (tertiary/aromatic N) is 2. The molecule has 0 aliphatic carbocycles. The zero-order chi connectivity index (χ0) is 17.5. The van der Waals surface area contributed by atoms with E-state index in [1.807, 2.05) is 30.3 Å². The van der Waals surface area contributed by atoms with Crippen molar-refractivity contribution >= 4 is 17.6 Å². The molecule has 1 atom stereocenters. The third-order valence-electron chi connectivity index (χ3n) is 3.49. The van der Waals surface area contributed by atoms with E-state index in [1.54, 1.807) is 16.9 Å². The van der Waals surface area contributed by atoms with Crippen molar-refractivity contribution < 1.29 is 9.59 Å². The molecule has 0 radical (unpaired) electrons. The van der Waals surface area contributed by atoms with Crippen molar-refractivity contribution in [2.75, 3.05) is 5.32 Å². The Hall–Kier alpha value is -2.63. The molecule has 0 unspecified atom stereocenters. The summed E-state index contributed by atoms with van der Waals surface area (Å²) in [5.74, 6) is 0.768. The average molecular weight is 328 g/mol. The number of hydrogen-bond acceptors (Lipinski definition) is 3. The van der Waals surface area contributed by atoms with E-state index in [0.29, 0.717) is 11.7 Å². The largest absolute Gasteiger partial charge is 0.349 e. The van der Waals surface area contributed by atoms with Crippen LogP contribution in [-0.4, -0.2) is 21.6 Å². The molecule has 24 heavy (non-hydrogen) atoms. The quantitative estimate of drug-likeness (QED) is 0.820. The third kappa shape index (κ3) is 5.22. The molecular weight excluding hydrogens is 304 g/mol. The number of carbonyl (C=O) groups is 2. The van der Waals surface area contributed by atoms with E-state index in [9.17, 15) is 9.59 Å². The Morgan fingerprint density at radius 3 is 2.50 bits per heavy atom. The molecular formula is C18H24N4O2. The Bertz CT molecular complexity index is 679. The van der Waals surface area contributed by atoms with Crippen molar-refractivity contribution in [1.82, 2.24) is 15.1 Å². The summed E-state index contributed by atoms with van der Waals surface area (Å²) < 4.78 is 1.78. The van der Waals surface area contributed by atoms with E-state index in [1.165, 1.54) is 6.92 Å². The van der Waals surface area contributed by atoms with Crippen molar-refractivity contribution in [3.05, 3.63) is 48.2 Å². The lowest BCUT2D eigenvalue weighted by molar-refractivity contribution is -0.120. The summed E-state index contributed by atoms with van der Waals surface area (Å²) in [6.07, 6.45) is 1.83. The van der Waals surface area contributed by atoms with Crippen molar-refractivity contribution in [3.8, 4) is 0 Å².